The lowest BCUT2D eigenvalue weighted by molar-refractivity contribution is 0.567. The van der Waals surface area contributed by atoms with E-state index in [1.807, 2.05) is 13.8 Å². The van der Waals surface area contributed by atoms with Crippen LogP contribution in [0.2, 0.25) is 0 Å². The smallest absolute Gasteiger partial charge is 0.191 e. The fraction of sp³-hybridized carbons (Fsp3) is 0.435. The van der Waals surface area contributed by atoms with Gasteiger partial charge in [0.15, 0.2) is 15.8 Å². The Morgan fingerprint density at radius 2 is 1.88 bits per heavy atom. The second kappa shape index (κ2) is 12.4. The van der Waals surface area contributed by atoms with E-state index in [9.17, 15) is 12.8 Å². The number of nitrogens with one attached hydrogen (secondary N) is 2. The second-order valence-electron chi connectivity index (χ2n) is 7.67. The third kappa shape index (κ3) is 7.06. The van der Waals surface area contributed by atoms with E-state index in [1.54, 1.807) is 0 Å². The number of hydrogen-bond acceptors (Lipinski definition) is 4. The topological polar surface area (TPSA) is 73.8 Å². The van der Waals surface area contributed by atoms with Gasteiger partial charge in [0.25, 0.3) is 0 Å². The highest BCUT2D eigenvalue weighted by molar-refractivity contribution is 14.0. The fourth-order valence-corrected chi connectivity index (χ4v) is 4.86. The molecule has 2 N–H and O–H groups in total. The van der Waals surface area contributed by atoms with Gasteiger partial charge >= 0.3 is 0 Å². The average Bonchev–Trinajstić information content (AvgIpc) is 3.29. The minimum Gasteiger partial charge on any atom is -0.372 e. The van der Waals surface area contributed by atoms with Crippen LogP contribution in [0.15, 0.2) is 58.4 Å². The van der Waals surface area contributed by atoms with E-state index in [4.69, 9.17) is 0 Å². The zero-order chi connectivity index (χ0) is 22.3. The van der Waals surface area contributed by atoms with E-state index in [1.165, 1.54) is 36.7 Å². The highest BCUT2D eigenvalue weighted by Crippen LogP contribution is 2.24. The zero-order valence-electron chi connectivity index (χ0n) is 18.6. The molecule has 1 aliphatic heterocycles. The molecule has 6 nitrogen and oxygen atoms in total. The van der Waals surface area contributed by atoms with Crippen molar-refractivity contribution in [2.45, 2.75) is 37.6 Å². The predicted molar refractivity (Wildman–Crippen MR) is 139 cm³/mol. The quantitative estimate of drug-likeness (QED) is 0.282. The molecule has 1 saturated heterocycles. The van der Waals surface area contributed by atoms with Crippen molar-refractivity contribution in [1.29, 1.82) is 0 Å². The molecule has 2 aromatic carbocycles. The van der Waals surface area contributed by atoms with Crippen molar-refractivity contribution in [3.05, 3.63) is 59.9 Å². The third-order valence-electron chi connectivity index (χ3n) is 5.34. The molecule has 176 valence electrons. The van der Waals surface area contributed by atoms with Crippen LogP contribution in [0.5, 0.6) is 0 Å². The molecule has 1 heterocycles. The van der Waals surface area contributed by atoms with Crippen molar-refractivity contribution in [3.63, 3.8) is 0 Å². The Hall–Kier alpha value is -1.88. The molecular formula is C23H32FIN4O2S. The molecular weight excluding hydrogens is 542 g/mol. The highest BCUT2D eigenvalue weighted by atomic mass is 127. The molecule has 1 fully saturated rings. The molecule has 2 aromatic rings. The molecule has 32 heavy (non-hydrogen) atoms. The zero-order valence-corrected chi connectivity index (χ0v) is 21.7. The maximum Gasteiger partial charge on any atom is 0.191 e. The standard InChI is InChI=1S/C23H31FN4O2S.HI/c1-3-25-23(26-13-16-31(29,30)22-12-5-4-11-21(22)24)27-18(2)19-9-8-10-20(17-19)28-14-6-7-15-28;/h4-5,8-12,17-18H,3,6-7,13-16H2,1-2H3,(H2,25,26,27);1H. The second-order valence-corrected chi connectivity index (χ2v) is 9.74. The molecule has 0 saturated carbocycles. The van der Waals surface area contributed by atoms with Crippen molar-refractivity contribution in [2.75, 3.05) is 36.8 Å². The van der Waals surface area contributed by atoms with Crippen LogP contribution in [-0.2, 0) is 9.84 Å². The summed E-state index contributed by atoms with van der Waals surface area (Å²) in [5.74, 6) is -0.461. The van der Waals surface area contributed by atoms with Gasteiger partial charge in [0.1, 0.15) is 10.7 Å². The molecule has 0 amide bonds. The summed E-state index contributed by atoms with van der Waals surface area (Å²) in [6, 6.07) is 13.9. The molecule has 1 unspecified atom stereocenters. The molecule has 0 aliphatic carbocycles. The summed E-state index contributed by atoms with van der Waals surface area (Å²) in [6.45, 7) is 6.86. The molecule has 1 atom stereocenters. The van der Waals surface area contributed by atoms with Gasteiger partial charge in [-0.05, 0) is 56.5 Å². The van der Waals surface area contributed by atoms with E-state index in [0.29, 0.717) is 12.5 Å². The molecule has 0 aromatic heterocycles. The number of nitrogens with zero attached hydrogens (tertiary/aromatic N) is 2. The van der Waals surface area contributed by atoms with Crippen LogP contribution < -0.4 is 15.5 Å². The van der Waals surface area contributed by atoms with E-state index < -0.39 is 15.7 Å². The van der Waals surface area contributed by atoms with Gasteiger partial charge < -0.3 is 15.5 Å². The molecule has 9 heteroatoms. The van der Waals surface area contributed by atoms with Crippen molar-refractivity contribution < 1.29 is 12.8 Å². The molecule has 3 rings (SSSR count). The summed E-state index contributed by atoms with van der Waals surface area (Å²) in [6.07, 6.45) is 2.45. The van der Waals surface area contributed by atoms with Crippen LogP contribution in [0.25, 0.3) is 0 Å². The number of aliphatic imine (C=N–C) groups is 1. The van der Waals surface area contributed by atoms with Crippen molar-refractivity contribution in [3.8, 4) is 0 Å². The number of hydrogen-bond donors (Lipinski definition) is 2. The Kier molecular flexibility index (Phi) is 10.2. The Morgan fingerprint density at radius 1 is 1.16 bits per heavy atom. The summed E-state index contributed by atoms with van der Waals surface area (Å²) >= 11 is 0. The number of guanidine groups is 1. The van der Waals surface area contributed by atoms with E-state index in [2.05, 4.69) is 44.8 Å². The SMILES string of the molecule is CCNC(=NCCS(=O)(=O)c1ccccc1F)NC(C)c1cccc(N2CCCC2)c1.I. The van der Waals surface area contributed by atoms with Gasteiger partial charge in [0.05, 0.1) is 18.3 Å². The van der Waals surface area contributed by atoms with Crippen LogP contribution in [0.1, 0.15) is 38.3 Å². The van der Waals surface area contributed by atoms with Gasteiger partial charge in [0, 0.05) is 25.3 Å². The van der Waals surface area contributed by atoms with Gasteiger partial charge in [-0.15, -0.1) is 24.0 Å². The van der Waals surface area contributed by atoms with Gasteiger partial charge in [0.2, 0.25) is 0 Å². The lowest BCUT2D eigenvalue weighted by atomic mass is 10.1. The minimum absolute atomic E-state index is 0. The van der Waals surface area contributed by atoms with Gasteiger partial charge in [-0.2, -0.15) is 0 Å². The van der Waals surface area contributed by atoms with E-state index in [-0.39, 0.29) is 47.2 Å². The van der Waals surface area contributed by atoms with Crippen LogP contribution in [0, 0.1) is 5.82 Å². The van der Waals surface area contributed by atoms with Crippen molar-refractivity contribution in [1.82, 2.24) is 10.6 Å². The largest absolute Gasteiger partial charge is 0.372 e. The monoisotopic (exact) mass is 574 g/mol. The average molecular weight is 575 g/mol. The van der Waals surface area contributed by atoms with E-state index >= 15 is 0 Å². The number of halogens is 2. The lowest BCUT2D eigenvalue weighted by Gasteiger charge is -2.22. The van der Waals surface area contributed by atoms with Crippen LogP contribution in [-0.4, -0.2) is 46.3 Å². The molecule has 0 radical (unpaired) electrons. The first-order chi connectivity index (χ1) is 14.9. The minimum atomic E-state index is -3.74. The maximum absolute atomic E-state index is 13.9. The van der Waals surface area contributed by atoms with Crippen LogP contribution in [0.4, 0.5) is 10.1 Å². The Bertz CT molecular complexity index is 1010. The summed E-state index contributed by atoms with van der Waals surface area (Å²) in [7, 11) is -3.74. The van der Waals surface area contributed by atoms with Crippen molar-refractivity contribution >= 4 is 45.5 Å². The first-order valence-electron chi connectivity index (χ1n) is 10.8. The molecule has 0 spiro atoms. The number of rotatable bonds is 8. The Morgan fingerprint density at radius 3 is 2.56 bits per heavy atom. The highest BCUT2D eigenvalue weighted by Gasteiger charge is 2.19. The molecule has 1 aliphatic rings. The number of sulfone groups is 1. The summed E-state index contributed by atoms with van der Waals surface area (Å²) < 4.78 is 38.7. The third-order valence-corrected chi connectivity index (χ3v) is 7.06. The summed E-state index contributed by atoms with van der Waals surface area (Å²) in [4.78, 5) is 6.51. The number of anilines is 1. The van der Waals surface area contributed by atoms with Crippen LogP contribution in [0.3, 0.4) is 0 Å². The van der Waals surface area contributed by atoms with Gasteiger partial charge in [-0.3, -0.25) is 4.99 Å². The van der Waals surface area contributed by atoms with Gasteiger partial charge in [-0.1, -0.05) is 24.3 Å². The Labute approximate surface area is 207 Å². The van der Waals surface area contributed by atoms with E-state index in [0.717, 1.165) is 24.7 Å². The maximum atomic E-state index is 13.9. The van der Waals surface area contributed by atoms with Gasteiger partial charge in [-0.25, -0.2) is 12.8 Å². The summed E-state index contributed by atoms with van der Waals surface area (Å²) in [5.41, 5.74) is 2.36. The van der Waals surface area contributed by atoms with Crippen molar-refractivity contribution in [2.24, 2.45) is 4.99 Å². The normalized spacial score (nSPS) is 15.2. The summed E-state index contributed by atoms with van der Waals surface area (Å²) in [5, 5.41) is 6.49. The molecule has 0 bridgehead atoms. The van der Waals surface area contributed by atoms with Crippen LogP contribution >= 0.6 is 24.0 Å². The first-order valence-corrected chi connectivity index (χ1v) is 12.4. The number of benzene rings is 2. The first kappa shape index (κ1) is 26.4. The Balaban J connectivity index is 0.00000363. The predicted octanol–water partition coefficient (Wildman–Crippen LogP) is 4.13. The lowest BCUT2D eigenvalue weighted by Crippen LogP contribution is -2.39. The fourth-order valence-electron chi connectivity index (χ4n) is 3.66.